The average molecular weight is 397 g/mol. The Labute approximate surface area is 155 Å². The Kier molecular flexibility index (Phi) is 6.87. The van der Waals surface area contributed by atoms with Crippen molar-refractivity contribution in [2.75, 3.05) is 25.1 Å². The zero-order chi connectivity index (χ0) is 19.7. The van der Waals surface area contributed by atoms with Gasteiger partial charge in [-0.2, -0.15) is 0 Å². The molecular formula is C16H32N2O5S2. The van der Waals surface area contributed by atoms with Crippen LogP contribution in [0.3, 0.4) is 0 Å². The third-order valence-corrected chi connectivity index (χ3v) is 6.58. The highest BCUT2D eigenvalue weighted by molar-refractivity contribution is 7.91. The van der Waals surface area contributed by atoms with E-state index < -0.39 is 43.2 Å². The molecule has 1 saturated heterocycles. The van der Waals surface area contributed by atoms with Crippen molar-refractivity contribution in [3.8, 4) is 0 Å². The van der Waals surface area contributed by atoms with Crippen LogP contribution in [0.1, 0.15) is 54.4 Å². The zero-order valence-corrected chi connectivity index (χ0v) is 18.0. The summed E-state index contributed by atoms with van der Waals surface area (Å²) in [6, 6.07) is 0. The summed E-state index contributed by atoms with van der Waals surface area (Å²) in [4.78, 5) is 13.8. The number of rotatable bonds is 4. The molecule has 0 aromatic rings. The van der Waals surface area contributed by atoms with Gasteiger partial charge in [-0.25, -0.2) is 13.2 Å². The number of carbonyl (C=O) groups is 1. The van der Waals surface area contributed by atoms with Crippen LogP contribution in [0.5, 0.6) is 0 Å². The minimum absolute atomic E-state index is 0.107. The number of ether oxygens (including phenoxy) is 1. The van der Waals surface area contributed by atoms with Gasteiger partial charge in [0.2, 0.25) is 0 Å². The van der Waals surface area contributed by atoms with Crippen LogP contribution in [0.25, 0.3) is 0 Å². The number of carbonyl (C=O) groups excluding carboxylic acids is 1. The molecule has 1 unspecified atom stereocenters. The Balaban J connectivity index is 2.87. The SMILES string of the molecule is CC(C)(C)OC(=O)N1CCC(CS(C)(=O)=O)(N[S+]([O-])C(C)(C)C)CC1. The second-order valence-electron chi connectivity index (χ2n) is 8.80. The highest BCUT2D eigenvalue weighted by atomic mass is 32.2. The summed E-state index contributed by atoms with van der Waals surface area (Å²) in [5.41, 5.74) is -1.38. The summed E-state index contributed by atoms with van der Waals surface area (Å²) >= 11 is -1.40. The Hall–Kier alpha value is -0.510. The number of piperidine rings is 1. The molecule has 0 saturated carbocycles. The fourth-order valence-electron chi connectivity index (χ4n) is 2.57. The molecule has 1 amide bonds. The molecule has 0 spiro atoms. The molecule has 1 aliphatic heterocycles. The van der Waals surface area contributed by atoms with Crippen LogP contribution in [0.15, 0.2) is 0 Å². The van der Waals surface area contributed by atoms with Crippen molar-refractivity contribution in [3.05, 3.63) is 0 Å². The Morgan fingerprint density at radius 3 is 2.04 bits per heavy atom. The van der Waals surface area contributed by atoms with Crippen molar-refractivity contribution in [1.82, 2.24) is 9.62 Å². The van der Waals surface area contributed by atoms with Crippen molar-refractivity contribution in [2.24, 2.45) is 0 Å². The van der Waals surface area contributed by atoms with Crippen molar-refractivity contribution < 1.29 is 22.5 Å². The van der Waals surface area contributed by atoms with Crippen LogP contribution in [-0.2, 0) is 25.9 Å². The molecule has 0 bridgehead atoms. The molecule has 9 heteroatoms. The van der Waals surface area contributed by atoms with Gasteiger partial charge < -0.3 is 14.2 Å². The molecule has 1 fully saturated rings. The van der Waals surface area contributed by atoms with Gasteiger partial charge in [-0.05, 0) is 54.4 Å². The van der Waals surface area contributed by atoms with Crippen molar-refractivity contribution in [3.63, 3.8) is 0 Å². The maximum atomic E-state index is 12.5. The van der Waals surface area contributed by atoms with E-state index in [4.69, 9.17) is 4.74 Å². The number of nitrogens with one attached hydrogen (secondary N) is 1. The third kappa shape index (κ3) is 7.72. The third-order valence-electron chi connectivity index (χ3n) is 3.78. The summed E-state index contributed by atoms with van der Waals surface area (Å²) in [6.07, 6.45) is 1.58. The predicted molar refractivity (Wildman–Crippen MR) is 101 cm³/mol. The first kappa shape index (κ1) is 22.5. The van der Waals surface area contributed by atoms with Gasteiger partial charge in [-0.15, -0.1) is 4.72 Å². The van der Waals surface area contributed by atoms with Crippen molar-refractivity contribution in [2.45, 2.75) is 70.3 Å². The van der Waals surface area contributed by atoms with E-state index in [1.165, 1.54) is 6.26 Å². The molecule has 25 heavy (non-hydrogen) atoms. The standard InChI is InChI=1S/C16H32N2O5S2/c1-14(2,3)23-13(19)18-10-8-16(9-11-18,12-25(7,21)22)17-24(20)15(4,5)6/h17H,8-12H2,1-7H3. The van der Waals surface area contributed by atoms with Gasteiger partial charge in [0.05, 0.1) is 11.3 Å². The maximum Gasteiger partial charge on any atom is 0.410 e. The van der Waals surface area contributed by atoms with Crippen LogP contribution < -0.4 is 4.72 Å². The van der Waals surface area contributed by atoms with E-state index in [1.54, 1.807) is 25.7 Å². The molecule has 0 aliphatic carbocycles. The summed E-state index contributed by atoms with van der Waals surface area (Å²) in [7, 11) is -3.27. The molecule has 0 radical (unpaired) electrons. The summed E-state index contributed by atoms with van der Waals surface area (Å²) in [5.74, 6) is -0.107. The van der Waals surface area contributed by atoms with Gasteiger partial charge >= 0.3 is 6.09 Å². The highest BCUT2D eigenvalue weighted by Gasteiger charge is 2.44. The molecule has 0 aromatic carbocycles. The van der Waals surface area contributed by atoms with E-state index in [0.29, 0.717) is 25.9 Å². The lowest BCUT2D eigenvalue weighted by Crippen LogP contribution is -2.61. The molecule has 1 N–H and O–H groups in total. The minimum Gasteiger partial charge on any atom is -0.598 e. The zero-order valence-electron chi connectivity index (χ0n) is 16.3. The van der Waals surface area contributed by atoms with E-state index in [9.17, 15) is 17.8 Å². The lowest BCUT2D eigenvalue weighted by molar-refractivity contribution is 0.0171. The fourth-order valence-corrected chi connectivity index (χ4v) is 5.00. The van der Waals surface area contributed by atoms with Crippen LogP contribution in [-0.4, -0.2) is 64.9 Å². The van der Waals surface area contributed by atoms with Gasteiger partial charge in [0, 0.05) is 30.7 Å². The monoisotopic (exact) mass is 396 g/mol. The van der Waals surface area contributed by atoms with Gasteiger partial charge in [-0.3, -0.25) is 0 Å². The van der Waals surface area contributed by atoms with E-state index in [0.717, 1.165) is 0 Å². The van der Waals surface area contributed by atoms with E-state index in [-0.39, 0.29) is 5.75 Å². The van der Waals surface area contributed by atoms with E-state index in [2.05, 4.69) is 4.72 Å². The number of hydrogen-bond acceptors (Lipinski definition) is 6. The van der Waals surface area contributed by atoms with Crippen LogP contribution in [0.2, 0.25) is 0 Å². The molecule has 1 atom stereocenters. The van der Waals surface area contributed by atoms with Gasteiger partial charge in [-0.1, -0.05) is 0 Å². The lowest BCUT2D eigenvalue weighted by atomic mass is 9.91. The largest absolute Gasteiger partial charge is 0.598 e. The molecule has 148 valence electrons. The normalized spacial score (nSPS) is 20.2. The Morgan fingerprint density at radius 2 is 1.68 bits per heavy atom. The van der Waals surface area contributed by atoms with E-state index in [1.807, 2.05) is 20.8 Å². The Morgan fingerprint density at radius 1 is 1.20 bits per heavy atom. The van der Waals surface area contributed by atoms with Crippen molar-refractivity contribution in [1.29, 1.82) is 0 Å². The lowest BCUT2D eigenvalue weighted by Gasteiger charge is -2.42. The van der Waals surface area contributed by atoms with Crippen molar-refractivity contribution >= 4 is 27.3 Å². The summed E-state index contributed by atoms with van der Waals surface area (Å²) in [6.45, 7) is 11.6. The second kappa shape index (κ2) is 7.62. The van der Waals surface area contributed by atoms with Crippen LogP contribution >= 0.6 is 0 Å². The van der Waals surface area contributed by atoms with E-state index >= 15 is 0 Å². The molecule has 0 aromatic heterocycles. The van der Waals surface area contributed by atoms with Crippen LogP contribution in [0.4, 0.5) is 4.79 Å². The smallest absolute Gasteiger partial charge is 0.410 e. The molecule has 7 nitrogen and oxygen atoms in total. The first-order valence-electron chi connectivity index (χ1n) is 8.38. The first-order chi connectivity index (χ1) is 11.0. The molecule has 1 aliphatic rings. The minimum atomic E-state index is -3.27. The number of sulfone groups is 1. The van der Waals surface area contributed by atoms with Crippen LogP contribution in [0, 0.1) is 0 Å². The quantitative estimate of drug-likeness (QED) is 0.728. The number of likely N-dealkylation sites (tertiary alicyclic amines) is 1. The second-order valence-corrected chi connectivity index (χ2v) is 12.9. The maximum absolute atomic E-state index is 12.5. The van der Waals surface area contributed by atoms with Gasteiger partial charge in [0.15, 0.2) is 0 Å². The molecule has 1 rings (SSSR count). The summed E-state index contributed by atoms with van der Waals surface area (Å²) in [5, 5.41) is 0. The van der Waals surface area contributed by atoms with Gasteiger partial charge in [0.25, 0.3) is 0 Å². The molecular weight excluding hydrogens is 364 g/mol. The Bertz CT molecular complexity index is 570. The number of hydrogen-bond donors (Lipinski definition) is 1. The average Bonchev–Trinajstić information content (AvgIpc) is 2.33. The molecule has 1 heterocycles. The number of amides is 1. The first-order valence-corrected chi connectivity index (χ1v) is 11.6. The topological polar surface area (TPSA) is 98.8 Å². The number of nitrogens with zero attached hydrogens (tertiary/aromatic N) is 1. The summed E-state index contributed by atoms with van der Waals surface area (Å²) < 4.78 is 44.2. The highest BCUT2D eigenvalue weighted by Crippen LogP contribution is 2.28. The van der Waals surface area contributed by atoms with Gasteiger partial charge in [0.1, 0.15) is 20.2 Å². The fraction of sp³-hybridized carbons (Fsp3) is 0.938. The predicted octanol–water partition coefficient (Wildman–Crippen LogP) is 1.85.